The smallest absolute Gasteiger partial charge is 0.0320 e. The SMILES string of the molecule is CCCCCCCCCCCCCC(NC)c1ccccc1C(CCCCCCCCCCCCC)NC. The van der Waals surface area contributed by atoms with Crippen LogP contribution in [0, 0.1) is 0 Å². The molecule has 0 fully saturated rings. The Labute approximate surface area is 239 Å². The number of hydrogen-bond acceptors (Lipinski definition) is 2. The average Bonchev–Trinajstić information content (AvgIpc) is 2.94. The first-order valence-electron chi connectivity index (χ1n) is 17.2. The molecule has 0 aromatic heterocycles. The Balaban J connectivity index is 2.29. The summed E-state index contributed by atoms with van der Waals surface area (Å²) in [5.41, 5.74) is 3.04. The first-order valence-corrected chi connectivity index (χ1v) is 17.2. The van der Waals surface area contributed by atoms with Crippen LogP contribution in [-0.2, 0) is 0 Å². The van der Waals surface area contributed by atoms with Crippen LogP contribution < -0.4 is 10.6 Å². The van der Waals surface area contributed by atoms with Crippen molar-refractivity contribution in [3.8, 4) is 0 Å². The molecule has 2 N–H and O–H groups in total. The van der Waals surface area contributed by atoms with Gasteiger partial charge in [0.05, 0.1) is 0 Å². The van der Waals surface area contributed by atoms with E-state index in [-0.39, 0.29) is 0 Å². The van der Waals surface area contributed by atoms with Crippen LogP contribution in [0.3, 0.4) is 0 Å². The van der Waals surface area contributed by atoms with E-state index in [1.165, 1.54) is 165 Å². The fourth-order valence-corrected chi connectivity index (χ4v) is 6.08. The maximum atomic E-state index is 3.66. The molecule has 0 radical (unpaired) electrons. The Kier molecular flexibility index (Phi) is 24.4. The van der Waals surface area contributed by atoms with Crippen LogP contribution in [0.15, 0.2) is 24.3 Å². The maximum absolute atomic E-state index is 3.66. The lowest BCUT2D eigenvalue weighted by Crippen LogP contribution is -2.23. The van der Waals surface area contributed by atoms with Crippen molar-refractivity contribution in [3.05, 3.63) is 35.4 Å². The van der Waals surface area contributed by atoms with Gasteiger partial charge in [0, 0.05) is 12.1 Å². The molecule has 1 aromatic rings. The molecule has 1 rings (SSSR count). The molecule has 0 aliphatic rings. The summed E-state index contributed by atoms with van der Waals surface area (Å²) >= 11 is 0. The topological polar surface area (TPSA) is 24.1 Å². The third-order valence-electron chi connectivity index (χ3n) is 8.64. The summed E-state index contributed by atoms with van der Waals surface area (Å²) in [6.07, 6.45) is 33.6. The van der Waals surface area contributed by atoms with Gasteiger partial charge in [-0.05, 0) is 38.1 Å². The van der Waals surface area contributed by atoms with Gasteiger partial charge >= 0.3 is 0 Å². The summed E-state index contributed by atoms with van der Waals surface area (Å²) in [6, 6.07) is 10.2. The zero-order valence-corrected chi connectivity index (χ0v) is 26.4. The molecular formula is C36H68N2. The minimum Gasteiger partial charge on any atom is -0.313 e. The first-order chi connectivity index (χ1) is 18.8. The molecule has 0 aliphatic heterocycles. The Morgan fingerprint density at radius 3 is 0.947 bits per heavy atom. The lowest BCUT2D eigenvalue weighted by atomic mass is 9.90. The van der Waals surface area contributed by atoms with E-state index in [9.17, 15) is 0 Å². The lowest BCUT2D eigenvalue weighted by Gasteiger charge is -2.25. The summed E-state index contributed by atoms with van der Waals surface area (Å²) in [4.78, 5) is 0. The van der Waals surface area contributed by atoms with Gasteiger partial charge in [-0.3, -0.25) is 0 Å². The van der Waals surface area contributed by atoms with Crippen molar-refractivity contribution in [2.45, 2.75) is 180 Å². The van der Waals surface area contributed by atoms with Crippen LogP contribution in [0.1, 0.15) is 191 Å². The quantitative estimate of drug-likeness (QED) is 0.106. The molecule has 0 spiro atoms. The number of hydrogen-bond donors (Lipinski definition) is 2. The van der Waals surface area contributed by atoms with E-state index in [2.05, 4.69) is 62.8 Å². The molecule has 0 amide bonds. The Bertz CT molecular complexity index is 560. The van der Waals surface area contributed by atoms with E-state index in [1.807, 2.05) is 0 Å². The van der Waals surface area contributed by atoms with Gasteiger partial charge in [0.25, 0.3) is 0 Å². The van der Waals surface area contributed by atoms with Crippen molar-refractivity contribution >= 4 is 0 Å². The summed E-state index contributed by atoms with van der Waals surface area (Å²) in [5.74, 6) is 0. The van der Waals surface area contributed by atoms with E-state index in [1.54, 1.807) is 0 Å². The molecule has 0 bridgehead atoms. The highest BCUT2D eigenvalue weighted by Gasteiger charge is 2.18. The zero-order chi connectivity index (χ0) is 27.5. The normalized spacial score (nSPS) is 13.2. The zero-order valence-electron chi connectivity index (χ0n) is 26.4. The van der Waals surface area contributed by atoms with Crippen LogP contribution in [0.4, 0.5) is 0 Å². The fourth-order valence-electron chi connectivity index (χ4n) is 6.08. The number of benzene rings is 1. The van der Waals surface area contributed by atoms with Crippen molar-refractivity contribution < 1.29 is 0 Å². The first kappa shape index (κ1) is 35.2. The highest BCUT2D eigenvalue weighted by molar-refractivity contribution is 5.32. The molecule has 2 unspecified atom stereocenters. The van der Waals surface area contributed by atoms with Gasteiger partial charge in [0.15, 0.2) is 0 Å². The van der Waals surface area contributed by atoms with Gasteiger partial charge in [-0.2, -0.15) is 0 Å². The van der Waals surface area contributed by atoms with Crippen molar-refractivity contribution in [1.29, 1.82) is 0 Å². The largest absolute Gasteiger partial charge is 0.313 e. The van der Waals surface area contributed by atoms with E-state index in [4.69, 9.17) is 0 Å². The molecule has 1 aromatic carbocycles. The molecule has 222 valence electrons. The molecule has 0 heterocycles. The summed E-state index contributed by atoms with van der Waals surface area (Å²) in [6.45, 7) is 4.60. The average molecular weight is 529 g/mol. The Hall–Kier alpha value is -0.860. The van der Waals surface area contributed by atoms with Crippen molar-refractivity contribution in [1.82, 2.24) is 10.6 Å². The molecule has 0 saturated carbocycles. The second-order valence-corrected chi connectivity index (χ2v) is 12.0. The van der Waals surface area contributed by atoms with Crippen LogP contribution in [-0.4, -0.2) is 14.1 Å². The van der Waals surface area contributed by atoms with Gasteiger partial charge in [0.2, 0.25) is 0 Å². The van der Waals surface area contributed by atoms with Crippen molar-refractivity contribution in [2.75, 3.05) is 14.1 Å². The van der Waals surface area contributed by atoms with Crippen LogP contribution in [0.25, 0.3) is 0 Å². The summed E-state index contributed by atoms with van der Waals surface area (Å²) in [5, 5.41) is 7.31. The fraction of sp³-hybridized carbons (Fsp3) is 0.833. The van der Waals surface area contributed by atoms with Crippen molar-refractivity contribution in [3.63, 3.8) is 0 Å². The second-order valence-electron chi connectivity index (χ2n) is 12.0. The highest BCUT2D eigenvalue weighted by atomic mass is 14.9. The standard InChI is InChI=1S/C36H68N2/c1-5-7-9-11-13-15-17-19-21-23-25-31-35(37-3)33-29-27-28-30-34(33)36(38-4)32-26-24-22-20-18-16-14-12-10-8-6-2/h27-30,35-38H,5-26,31-32H2,1-4H3. The van der Waals surface area contributed by atoms with Gasteiger partial charge in [0.1, 0.15) is 0 Å². The molecule has 0 aliphatic carbocycles. The number of rotatable bonds is 28. The van der Waals surface area contributed by atoms with Gasteiger partial charge in [-0.25, -0.2) is 0 Å². The maximum Gasteiger partial charge on any atom is 0.0320 e. The van der Waals surface area contributed by atoms with E-state index in [0.29, 0.717) is 12.1 Å². The predicted octanol–water partition coefficient (Wildman–Crippen LogP) is 11.6. The minimum atomic E-state index is 0.470. The van der Waals surface area contributed by atoms with Gasteiger partial charge in [-0.15, -0.1) is 0 Å². The van der Waals surface area contributed by atoms with Crippen LogP contribution >= 0.6 is 0 Å². The predicted molar refractivity (Wildman–Crippen MR) is 172 cm³/mol. The molecule has 2 nitrogen and oxygen atoms in total. The second kappa shape index (κ2) is 26.4. The highest BCUT2D eigenvalue weighted by Crippen LogP contribution is 2.30. The van der Waals surface area contributed by atoms with Gasteiger partial charge in [-0.1, -0.05) is 179 Å². The van der Waals surface area contributed by atoms with Crippen LogP contribution in [0.5, 0.6) is 0 Å². The minimum absolute atomic E-state index is 0.470. The molecule has 2 atom stereocenters. The van der Waals surface area contributed by atoms with Crippen LogP contribution in [0.2, 0.25) is 0 Å². The van der Waals surface area contributed by atoms with Crippen molar-refractivity contribution in [2.24, 2.45) is 0 Å². The third kappa shape index (κ3) is 17.7. The molecule has 38 heavy (non-hydrogen) atoms. The molecule has 2 heteroatoms. The van der Waals surface area contributed by atoms with E-state index in [0.717, 1.165) is 0 Å². The number of nitrogens with one attached hydrogen (secondary N) is 2. The number of unbranched alkanes of at least 4 members (excludes halogenated alkanes) is 20. The molecular weight excluding hydrogens is 460 g/mol. The van der Waals surface area contributed by atoms with E-state index < -0.39 is 0 Å². The Morgan fingerprint density at radius 1 is 0.421 bits per heavy atom. The van der Waals surface area contributed by atoms with E-state index >= 15 is 0 Å². The lowest BCUT2D eigenvalue weighted by molar-refractivity contribution is 0.466. The molecule has 0 saturated heterocycles. The third-order valence-corrected chi connectivity index (χ3v) is 8.64. The van der Waals surface area contributed by atoms with Gasteiger partial charge < -0.3 is 10.6 Å². The monoisotopic (exact) mass is 529 g/mol. The Morgan fingerprint density at radius 2 is 0.684 bits per heavy atom. The summed E-state index contributed by atoms with van der Waals surface area (Å²) < 4.78 is 0. The summed E-state index contributed by atoms with van der Waals surface area (Å²) in [7, 11) is 4.30.